The number of alkyl halides is 1. The van der Waals surface area contributed by atoms with E-state index in [1.54, 1.807) is 18.3 Å². The van der Waals surface area contributed by atoms with Crippen molar-refractivity contribution in [3.8, 4) is 5.75 Å². The number of pyridine rings is 1. The maximum Gasteiger partial charge on any atom is 0.116 e. The number of aromatic nitrogens is 1. The molecule has 0 spiro atoms. The highest BCUT2D eigenvalue weighted by Gasteiger charge is 1.97. The van der Waals surface area contributed by atoms with Crippen LogP contribution in [0.4, 0.5) is 0 Å². The van der Waals surface area contributed by atoms with Crippen molar-refractivity contribution in [1.29, 1.82) is 0 Å². The van der Waals surface area contributed by atoms with Gasteiger partial charge in [0.05, 0.1) is 5.69 Å². The first-order valence-corrected chi connectivity index (χ1v) is 5.05. The average molecular weight is 238 g/mol. The van der Waals surface area contributed by atoms with Crippen molar-refractivity contribution in [2.24, 2.45) is 0 Å². The number of hydrogen-bond donors (Lipinski definition) is 1. The van der Waals surface area contributed by atoms with E-state index >= 15 is 0 Å². The van der Waals surface area contributed by atoms with Crippen molar-refractivity contribution < 1.29 is 5.11 Å². The van der Waals surface area contributed by atoms with Crippen LogP contribution in [-0.2, 0) is 5.33 Å². The lowest BCUT2D eigenvalue weighted by Gasteiger charge is -2.00. The zero-order valence-electron chi connectivity index (χ0n) is 6.87. The predicted octanol–water partition coefficient (Wildman–Crippen LogP) is 2.84. The number of rotatable bonds is 1. The molecular formula is C10H8BrNO. The second-order valence-electron chi connectivity index (χ2n) is 2.84. The van der Waals surface area contributed by atoms with Crippen LogP contribution in [0.3, 0.4) is 0 Å². The van der Waals surface area contributed by atoms with Crippen molar-refractivity contribution in [1.82, 2.24) is 4.98 Å². The highest BCUT2D eigenvalue weighted by Crippen LogP contribution is 2.20. The molecule has 0 saturated carbocycles. The standard InChI is InChI=1S/C10H8BrNO/c11-5-9-3-7-1-2-10(13)4-8(7)6-12-9/h1-4,6,13H,5H2. The van der Waals surface area contributed by atoms with Crippen LogP contribution in [-0.4, -0.2) is 10.1 Å². The summed E-state index contributed by atoms with van der Waals surface area (Å²) in [6.45, 7) is 0. The number of nitrogens with zero attached hydrogens (tertiary/aromatic N) is 1. The highest BCUT2D eigenvalue weighted by atomic mass is 79.9. The molecule has 0 saturated heterocycles. The minimum atomic E-state index is 0.279. The summed E-state index contributed by atoms with van der Waals surface area (Å²) in [5.74, 6) is 0.279. The van der Waals surface area contributed by atoms with E-state index in [0.717, 1.165) is 21.8 Å². The van der Waals surface area contributed by atoms with Crippen LogP contribution in [0, 0.1) is 0 Å². The number of fused-ring (bicyclic) bond motifs is 1. The van der Waals surface area contributed by atoms with Crippen molar-refractivity contribution in [3.05, 3.63) is 36.2 Å². The first-order chi connectivity index (χ1) is 6.29. The average Bonchev–Trinajstić information content (AvgIpc) is 2.17. The molecule has 3 heteroatoms. The van der Waals surface area contributed by atoms with Crippen LogP contribution in [0.2, 0.25) is 0 Å². The van der Waals surface area contributed by atoms with Crippen molar-refractivity contribution >= 4 is 26.7 Å². The number of aromatic hydroxyl groups is 1. The number of hydrogen-bond acceptors (Lipinski definition) is 2. The summed E-state index contributed by atoms with van der Waals surface area (Å²) in [5, 5.41) is 12.0. The Morgan fingerprint density at radius 3 is 2.85 bits per heavy atom. The molecule has 1 N–H and O–H groups in total. The largest absolute Gasteiger partial charge is 0.508 e. The van der Waals surface area contributed by atoms with E-state index in [-0.39, 0.29) is 5.75 Å². The zero-order chi connectivity index (χ0) is 9.26. The Hall–Kier alpha value is -1.09. The second-order valence-corrected chi connectivity index (χ2v) is 3.40. The number of phenols is 1. The molecule has 2 aromatic rings. The highest BCUT2D eigenvalue weighted by molar-refractivity contribution is 9.08. The summed E-state index contributed by atoms with van der Waals surface area (Å²) < 4.78 is 0. The second kappa shape index (κ2) is 3.34. The molecule has 0 amide bonds. The van der Waals surface area contributed by atoms with Crippen LogP contribution in [0.15, 0.2) is 30.5 Å². The number of phenolic OH excluding ortho intramolecular Hbond substituents is 1. The maximum absolute atomic E-state index is 9.22. The van der Waals surface area contributed by atoms with E-state index in [1.807, 2.05) is 12.1 Å². The van der Waals surface area contributed by atoms with Gasteiger partial charge in [-0.1, -0.05) is 22.0 Å². The fourth-order valence-corrected chi connectivity index (χ4v) is 1.55. The molecule has 1 aromatic carbocycles. The molecule has 0 fully saturated rings. The Kier molecular flexibility index (Phi) is 2.19. The lowest BCUT2D eigenvalue weighted by molar-refractivity contribution is 0.476. The van der Waals surface area contributed by atoms with Crippen LogP contribution in [0.5, 0.6) is 5.75 Å². The quantitative estimate of drug-likeness (QED) is 0.775. The smallest absolute Gasteiger partial charge is 0.116 e. The van der Waals surface area contributed by atoms with Gasteiger partial charge in [-0.15, -0.1) is 0 Å². The lowest BCUT2D eigenvalue weighted by atomic mass is 10.1. The fraction of sp³-hybridized carbons (Fsp3) is 0.100. The van der Waals surface area contributed by atoms with E-state index in [4.69, 9.17) is 0 Å². The molecule has 0 aliphatic heterocycles. The van der Waals surface area contributed by atoms with Crippen molar-refractivity contribution in [2.45, 2.75) is 5.33 Å². The van der Waals surface area contributed by atoms with Crippen molar-refractivity contribution in [2.75, 3.05) is 0 Å². The fourth-order valence-electron chi connectivity index (χ4n) is 1.25. The molecule has 2 rings (SSSR count). The minimum Gasteiger partial charge on any atom is -0.508 e. The molecule has 66 valence electrons. The molecule has 0 atom stereocenters. The van der Waals surface area contributed by atoms with Gasteiger partial charge in [-0.3, -0.25) is 4.98 Å². The molecule has 1 heterocycles. The van der Waals surface area contributed by atoms with Gasteiger partial charge in [0.1, 0.15) is 5.75 Å². The maximum atomic E-state index is 9.22. The number of benzene rings is 1. The normalized spacial score (nSPS) is 10.5. The first kappa shape index (κ1) is 8.51. The summed E-state index contributed by atoms with van der Waals surface area (Å²) >= 11 is 3.35. The van der Waals surface area contributed by atoms with Gasteiger partial charge in [-0.25, -0.2) is 0 Å². The third kappa shape index (κ3) is 1.65. The minimum absolute atomic E-state index is 0.279. The SMILES string of the molecule is Oc1ccc2cc(CBr)ncc2c1. The monoisotopic (exact) mass is 237 g/mol. The van der Waals surface area contributed by atoms with E-state index in [9.17, 15) is 5.11 Å². The topological polar surface area (TPSA) is 33.1 Å². The third-order valence-corrected chi connectivity index (χ3v) is 2.47. The van der Waals surface area contributed by atoms with Gasteiger partial charge in [-0.2, -0.15) is 0 Å². The molecule has 1 aromatic heterocycles. The molecular weight excluding hydrogens is 230 g/mol. The Labute approximate surface area is 84.4 Å². The molecule has 0 unspecified atom stereocenters. The third-order valence-electron chi connectivity index (χ3n) is 1.90. The Bertz CT molecular complexity index is 442. The predicted molar refractivity (Wildman–Crippen MR) is 56.0 cm³/mol. The first-order valence-electron chi connectivity index (χ1n) is 3.93. The molecule has 0 aliphatic rings. The van der Waals surface area contributed by atoms with Crippen molar-refractivity contribution in [3.63, 3.8) is 0 Å². The van der Waals surface area contributed by atoms with Crippen LogP contribution < -0.4 is 0 Å². The summed E-state index contributed by atoms with van der Waals surface area (Å²) in [5.41, 5.74) is 0.998. The van der Waals surface area contributed by atoms with Crippen LogP contribution in [0.25, 0.3) is 10.8 Å². The number of halogens is 1. The molecule has 2 nitrogen and oxygen atoms in total. The van der Waals surface area contributed by atoms with E-state index in [2.05, 4.69) is 20.9 Å². The van der Waals surface area contributed by atoms with Gasteiger partial charge in [0.25, 0.3) is 0 Å². The van der Waals surface area contributed by atoms with Crippen LogP contribution >= 0.6 is 15.9 Å². The van der Waals surface area contributed by atoms with Gasteiger partial charge < -0.3 is 5.11 Å². The van der Waals surface area contributed by atoms with Gasteiger partial charge >= 0.3 is 0 Å². The molecule has 0 bridgehead atoms. The van der Waals surface area contributed by atoms with E-state index in [0.29, 0.717) is 0 Å². The summed E-state index contributed by atoms with van der Waals surface area (Å²) in [7, 11) is 0. The zero-order valence-corrected chi connectivity index (χ0v) is 8.45. The Morgan fingerprint density at radius 2 is 2.08 bits per heavy atom. The summed E-state index contributed by atoms with van der Waals surface area (Å²) in [4.78, 5) is 4.21. The van der Waals surface area contributed by atoms with Gasteiger partial charge in [0.2, 0.25) is 0 Å². The van der Waals surface area contributed by atoms with E-state index < -0.39 is 0 Å². The molecule has 0 radical (unpaired) electrons. The lowest BCUT2D eigenvalue weighted by Crippen LogP contribution is -1.83. The molecule has 0 aliphatic carbocycles. The van der Waals surface area contributed by atoms with Gasteiger partial charge in [-0.05, 0) is 23.6 Å². The van der Waals surface area contributed by atoms with Crippen LogP contribution in [0.1, 0.15) is 5.69 Å². The Balaban J connectivity index is 2.66. The summed E-state index contributed by atoms with van der Waals surface area (Å²) in [6, 6.07) is 7.28. The Morgan fingerprint density at radius 1 is 1.23 bits per heavy atom. The van der Waals surface area contributed by atoms with E-state index in [1.165, 1.54) is 0 Å². The molecule has 13 heavy (non-hydrogen) atoms. The van der Waals surface area contributed by atoms with Gasteiger partial charge in [0, 0.05) is 16.9 Å². The van der Waals surface area contributed by atoms with Gasteiger partial charge in [0.15, 0.2) is 0 Å². The summed E-state index contributed by atoms with van der Waals surface area (Å²) in [6.07, 6.45) is 1.77.